The Balaban J connectivity index is 1.51. The van der Waals surface area contributed by atoms with Crippen molar-refractivity contribution < 1.29 is 34.2 Å². The highest BCUT2D eigenvalue weighted by Crippen LogP contribution is 2.55. The van der Waals surface area contributed by atoms with Crippen molar-refractivity contribution in [1.29, 1.82) is 0 Å². The lowest BCUT2D eigenvalue weighted by molar-refractivity contribution is -0.196. The predicted molar refractivity (Wildman–Crippen MR) is 128 cm³/mol. The second kappa shape index (κ2) is 7.72. The molecule has 9 heteroatoms. The summed E-state index contributed by atoms with van der Waals surface area (Å²) >= 11 is 0. The summed E-state index contributed by atoms with van der Waals surface area (Å²) in [4.78, 5) is 27.9. The zero-order valence-corrected chi connectivity index (χ0v) is 20.3. The third kappa shape index (κ3) is 3.41. The van der Waals surface area contributed by atoms with Crippen molar-refractivity contribution in [3.8, 4) is 0 Å². The third-order valence-electron chi connectivity index (χ3n) is 8.19. The Labute approximate surface area is 204 Å². The van der Waals surface area contributed by atoms with Crippen LogP contribution in [0.4, 0.5) is 0 Å². The van der Waals surface area contributed by atoms with Crippen LogP contribution in [0.5, 0.6) is 0 Å². The molecule has 3 N–H and O–H groups in total. The molecule has 2 aliphatic heterocycles. The molecule has 184 valence electrons. The number of rotatable bonds is 5. The molecule has 0 radical (unpaired) electrons. The first-order chi connectivity index (χ1) is 16.4. The van der Waals surface area contributed by atoms with Crippen LogP contribution in [-0.2, 0) is 14.8 Å². The summed E-state index contributed by atoms with van der Waals surface area (Å²) < 4.78 is 12.3. The monoisotopic (exact) mass is 479 g/mol. The number of carbonyl (C=O) groups excluding carboxylic acids is 2. The van der Waals surface area contributed by atoms with Crippen LogP contribution >= 0.6 is 0 Å². The van der Waals surface area contributed by atoms with Crippen molar-refractivity contribution in [2.75, 3.05) is 6.61 Å². The lowest BCUT2D eigenvalue weighted by atomic mass is 9.58. The number of aliphatic hydroxyl groups excluding tert-OH is 2. The van der Waals surface area contributed by atoms with Gasteiger partial charge in [-0.15, -0.1) is 0 Å². The van der Waals surface area contributed by atoms with Crippen LogP contribution in [-0.4, -0.2) is 68.7 Å². The molecule has 35 heavy (non-hydrogen) atoms. The topological polar surface area (TPSA) is 117 Å². The molecule has 1 saturated heterocycles. The standard InChI is InChI=1S/C26H30BNO7/c1-23(2)24(3,4)35-27(34-23)17-11-9-16(10-12-17)25(14-26(33,15-25)20(30)13-29)28-21(31)18-7-5-6-8-19(18)22(28)32/h5-12,20,29-30,33H,13-15H2,1-4H3/t20?,25-,26-. The molecule has 8 nitrogen and oxygen atoms in total. The van der Waals surface area contributed by atoms with Gasteiger partial charge in [-0.3, -0.25) is 14.5 Å². The Morgan fingerprint density at radius 3 is 1.86 bits per heavy atom. The minimum atomic E-state index is -1.63. The van der Waals surface area contributed by atoms with Gasteiger partial charge >= 0.3 is 7.12 Å². The zero-order chi connectivity index (χ0) is 25.4. The minimum Gasteiger partial charge on any atom is -0.399 e. The number of benzene rings is 2. The molecule has 0 bridgehead atoms. The predicted octanol–water partition coefficient (Wildman–Crippen LogP) is 1.36. The van der Waals surface area contributed by atoms with Gasteiger partial charge in [0.05, 0.1) is 40.1 Å². The lowest BCUT2D eigenvalue weighted by Gasteiger charge is -2.58. The fraction of sp³-hybridized carbons (Fsp3) is 0.462. The smallest absolute Gasteiger partial charge is 0.399 e. The molecule has 3 aliphatic rings. The third-order valence-corrected chi connectivity index (χ3v) is 8.19. The van der Waals surface area contributed by atoms with E-state index in [-0.39, 0.29) is 12.8 Å². The number of nitrogens with zero attached hydrogens (tertiary/aromatic N) is 1. The highest BCUT2D eigenvalue weighted by molar-refractivity contribution is 6.62. The average Bonchev–Trinajstić information content (AvgIpc) is 3.19. The largest absolute Gasteiger partial charge is 0.494 e. The van der Waals surface area contributed by atoms with E-state index in [9.17, 15) is 24.9 Å². The quantitative estimate of drug-likeness (QED) is 0.438. The molecule has 2 fully saturated rings. The van der Waals surface area contributed by atoms with Crippen molar-refractivity contribution in [2.45, 2.75) is 69.0 Å². The normalized spacial score (nSPS) is 29.8. The van der Waals surface area contributed by atoms with Crippen LogP contribution < -0.4 is 5.46 Å². The molecular formula is C26H30BNO7. The van der Waals surface area contributed by atoms with Crippen LogP contribution in [0.3, 0.4) is 0 Å². The molecule has 5 rings (SSSR count). The Hall–Kier alpha value is -2.56. The summed E-state index contributed by atoms with van der Waals surface area (Å²) in [7, 11) is -0.571. The van der Waals surface area contributed by atoms with Gasteiger partial charge in [-0.05, 0) is 50.9 Å². The van der Waals surface area contributed by atoms with Gasteiger partial charge in [0.2, 0.25) is 0 Å². The molecule has 2 aromatic carbocycles. The average molecular weight is 479 g/mol. The number of aliphatic hydroxyl groups is 3. The molecule has 1 unspecified atom stereocenters. The van der Waals surface area contributed by atoms with Crippen LogP contribution in [0.1, 0.15) is 66.8 Å². The van der Waals surface area contributed by atoms with E-state index in [1.807, 2.05) is 39.8 Å². The van der Waals surface area contributed by atoms with Gasteiger partial charge in [0, 0.05) is 12.8 Å². The highest BCUT2D eigenvalue weighted by atomic mass is 16.7. The second-order valence-electron chi connectivity index (χ2n) is 10.9. The summed E-state index contributed by atoms with van der Waals surface area (Å²) in [5, 5.41) is 30.6. The van der Waals surface area contributed by atoms with E-state index >= 15 is 0 Å². The molecule has 1 atom stereocenters. The van der Waals surface area contributed by atoms with Crippen LogP contribution in [0.2, 0.25) is 0 Å². The summed E-state index contributed by atoms with van der Waals surface area (Å²) in [6.07, 6.45) is -1.58. The van der Waals surface area contributed by atoms with E-state index in [1.165, 1.54) is 4.90 Å². The summed E-state index contributed by atoms with van der Waals surface area (Å²) in [6, 6.07) is 13.9. The summed E-state index contributed by atoms with van der Waals surface area (Å²) in [6.45, 7) is 7.26. The van der Waals surface area contributed by atoms with Gasteiger partial charge in [-0.25, -0.2) is 0 Å². The lowest BCUT2D eigenvalue weighted by Crippen LogP contribution is -2.68. The van der Waals surface area contributed by atoms with Crippen LogP contribution in [0, 0.1) is 0 Å². The number of hydrogen-bond acceptors (Lipinski definition) is 7. The van der Waals surface area contributed by atoms with Crippen LogP contribution in [0.15, 0.2) is 48.5 Å². The number of fused-ring (bicyclic) bond motifs is 1. The number of hydrogen-bond donors (Lipinski definition) is 3. The van der Waals surface area contributed by atoms with Crippen molar-refractivity contribution in [3.05, 3.63) is 65.2 Å². The Morgan fingerprint density at radius 2 is 1.40 bits per heavy atom. The second-order valence-corrected chi connectivity index (χ2v) is 10.9. The number of imide groups is 1. The number of carbonyl (C=O) groups is 2. The summed E-state index contributed by atoms with van der Waals surface area (Å²) in [5.74, 6) is -0.887. The molecule has 2 heterocycles. The Kier molecular flexibility index (Phi) is 5.33. The maximum absolute atomic E-state index is 13.4. The van der Waals surface area contributed by atoms with Gasteiger partial charge in [-0.2, -0.15) is 0 Å². The first-order valence-corrected chi connectivity index (χ1v) is 11.8. The first kappa shape index (κ1) is 24.2. The fourth-order valence-electron chi connectivity index (χ4n) is 5.37. The van der Waals surface area contributed by atoms with Crippen molar-refractivity contribution in [3.63, 3.8) is 0 Å². The van der Waals surface area contributed by atoms with Crippen molar-refractivity contribution in [1.82, 2.24) is 4.90 Å². The van der Waals surface area contributed by atoms with Gasteiger partial charge in [0.15, 0.2) is 0 Å². The molecular weight excluding hydrogens is 449 g/mol. The molecule has 1 saturated carbocycles. The Bertz CT molecular complexity index is 1140. The van der Waals surface area contributed by atoms with Gasteiger partial charge < -0.3 is 24.6 Å². The van der Waals surface area contributed by atoms with E-state index in [0.29, 0.717) is 16.7 Å². The molecule has 1 aliphatic carbocycles. The van der Waals surface area contributed by atoms with E-state index in [0.717, 1.165) is 5.46 Å². The van der Waals surface area contributed by atoms with E-state index in [1.54, 1.807) is 36.4 Å². The van der Waals surface area contributed by atoms with Crippen LogP contribution in [0.25, 0.3) is 0 Å². The molecule has 0 spiro atoms. The maximum Gasteiger partial charge on any atom is 0.494 e. The molecule has 0 aromatic heterocycles. The van der Waals surface area contributed by atoms with Crippen molar-refractivity contribution >= 4 is 24.4 Å². The zero-order valence-electron chi connectivity index (χ0n) is 20.3. The Morgan fingerprint density at radius 1 is 0.914 bits per heavy atom. The molecule has 2 aromatic rings. The maximum atomic E-state index is 13.4. The molecule has 2 amide bonds. The first-order valence-electron chi connectivity index (χ1n) is 11.8. The van der Waals surface area contributed by atoms with Crippen molar-refractivity contribution in [2.24, 2.45) is 0 Å². The number of amides is 2. The van der Waals surface area contributed by atoms with Gasteiger partial charge in [-0.1, -0.05) is 36.4 Å². The van der Waals surface area contributed by atoms with Gasteiger partial charge in [0.1, 0.15) is 6.10 Å². The van der Waals surface area contributed by atoms with Gasteiger partial charge in [0.25, 0.3) is 11.8 Å². The summed E-state index contributed by atoms with van der Waals surface area (Å²) in [5.41, 5.74) is -1.75. The minimum absolute atomic E-state index is 0.0942. The van der Waals surface area contributed by atoms with E-state index in [2.05, 4.69) is 0 Å². The van der Waals surface area contributed by atoms with E-state index < -0.39 is 54.0 Å². The highest BCUT2D eigenvalue weighted by Gasteiger charge is 2.64. The van der Waals surface area contributed by atoms with E-state index in [4.69, 9.17) is 9.31 Å². The fourth-order valence-corrected chi connectivity index (χ4v) is 5.37. The SMILES string of the molecule is CC1(C)OB(c2ccc([C@]3(N4C(=O)c5ccccc5C4=O)C[C@@](O)(C(O)CO)C3)cc2)OC1(C)C.